The number of aliphatic hydroxyl groups is 1. The highest BCUT2D eigenvalue weighted by atomic mass is 19.4. The molecule has 7 heteroatoms. The fraction of sp³-hybridized carbons (Fsp3) is 0.538. The van der Waals surface area contributed by atoms with Gasteiger partial charge in [0.05, 0.1) is 6.61 Å². The minimum atomic E-state index is -4.43. The zero-order chi connectivity index (χ0) is 15.2. The summed E-state index contributed by atoms with van der Waals surface area (Å²) in [5, 5.41) is 9.49. The molecule has 0 heterocycles. The Morgan fingerprint density at radius 1 is 1.20 bits per heavy atom. The van der Waals surface area contributed by atoms with Crippen molar-refractivity contribution in [2.45, 2.75) is 31.9 Å². The van der Waals surface area contributed by atoms with E-state index in [1.165, 1.54) is 0 Å². The van der Waals surface area contributed by atoms with Gasteiger partial charge in [-0.15, -0.1) is 0 Å². The quantitative estimate of drug-likeness (QED) is 0.805. The summed E-state index contributed by atoms with van der Waals surface area (Å²) < 4.78 is 46.3. The van der Waals surface area contributed by atoms with Crippen molar-refractivity contribution in [3.63, 3.8) is 0 Å². The summed E-state index contributed by atoms with van der Waals surface area (Å²) in [4.78, 5) is 0. The van der Waals surface area contributed by atoms with Crippen molar-refractivity contribution >= 4 is 0 Å². The minimum absolute atomic E-state index is 0.146. The molecule has 1 aromatic rings. The maximum atomic E-state index is 12.2. The van der Waals surface area contributed by atoms with Crippen molar-refractivity contribution in [1.82, 2.24) is 0 Å². The monoisotopic (exact) mass is 293 g/mol. The van der Waals surface area contributed by atoms with E-state index in [1.807, 2.05) is 0 Å². The Kier molecular flexibility index (Phi) is 6.25. The van der Waals surface area contributed by atoms with Crippen LogP contribution in [0.2, 0.25) is 0 Å². The third-order valence-corrected chi connectivity index (χ3v) is 2.60. The highest BCUT2D eigenvalue weighted by Crippen LogP contribution is 2.22. The maximum Gasteiger partial charge on any atom is 0.414 e. The van der Waals surface area contributed by atoms with E-state index >= 15 is 0 Å². The molecule has 2 unspecified atom stereocenters. The Balaban J connectivity index is 2.30. The first kappa shape index (κ1) is 16.7. The van der Waals surface area contributed by atoms with Gasteiger partial charge in [-0.25, -0.2) is 0 Å². The number of hydrogen-bond acceptors (Lipinski definition) is 4. The molecule has 0 fully saturated rings. The van der Waals surface area contributed by atoms with E-state index in [0.717, 1.165) is 12.5 Å². The van der Waals surface area contributed by atoms with Crippen molar-refractivity contribution in [3.05, 3.63) is 29.8 Å². The molecule has 0 bridgehead atoms. The van der Waals surface area contributed by atoms with Crippen LogP contribution in [0.25, 0.3) is 0 Å². The molecule has 3 N–H and O–H groups in total. The van der Waals surface area contributed by atoms with Crippen molar-refractivity contribution in [1.29, 1.82) is 0 Å². The van der Waals surface area contributed by atoms with Gasteiger partial charge in [0.2, 0.25) is 0 Å². The van der Waals surface area contributed by atoms with Gasteiger partial charge in [-0.3, -0.25) is 0 Å². The van der Waals surface area contributed by atoms with Crippen molar-refractivity contribution < 1.29 is 27.8 Å². The second kappa shape index (κ2) is 7.47. The Labute approximate surface area is 115 Å². The molecular formula is C13H18F3NO3. The third-order valence-electron chi connectivity index (χ3n) is 2.60. The summed E-state index contributed by atoms with van der Waals surface area (Å²) in [6, 6.07) is 6.89. The summed E-state index contributed by atoms with van der Waals surface area (Å²) in [6.07, 6.45) is -7.48. The highest BCUT2D eigenvalue weighted by Gasteiger charge is 2.37. The van der Waals surface area contributed by atoms with Gasteiger partial charge in [-0.1, -0.05) is 12.1 Å². The predicted molar refractivity (Wildman–Crippen MR) is 67.3 cm³/mol. The van der Waals surface area contributed by atoms with Crippen LogP contribution in [-0.4, -0.2) is 36.7 Å². The lowest BCUT2D eigenvalue weighted by Crippen LogP contribution is -2.33. The van der Waals surface area contributed by atoms with Crippen LogP contribution < -0.4 is 10.5 Å². The van der Waals surface area contributed by atoms with Crippen LogP contribution in [0.4, 0.5) is 13.2 Å². The molecule has 0 aliphatic rings. The first-order chi connectivity index (χ1) is 9.32. The van der Waals surface area contributed by atoms with E-state index in [1.54, 1.807) is 24.3 Å². The van der Waals surface area contributed by atoms with Crippen LogP contribution in [0.3, 0.4) is 0 Å². The van der Waals surface area contributed by atoms with E-state index in [4.69, 9.17) is 10.5 Å². The molecule has 4 nitrogen and oxygen atoms in total. The van der Waals surface area contributed by atoms with Gasteiger partial charge in [-0.2, -0.15) is 13.2 Å². The molecule has 2 atom stereocenters. The van der Waals surface area contributed by atoms with E-state index < -0.39 is 25.0 Å². The van der Waals surface area contributed by atoms with Gasteiger partial charge in [0.15, 0.2) is 6.10 Å². The summed E-state index contributed by atoms with van der Waals surface area (Å²) in [5.41, 5.74) is 6.37. The maximum absolute atomic E-state index is 12.2. The van der Waals surface area contributed by atoms with Gasteiger partial charge >= 0.3 is 6.18 Å². The number of rotatable bonds is 7. The van der Waals surface area contributed by atoms with Gasteiger partial charge in [-0.05, 0) is 24.6 Å². The third kappa shape index (κ3) is 5.77. The molecule has 0 aliphatic heterocycles. The number of alkyl halides is 3. The van der Waals surface area contributed by atoms with Crippen LogP contribution in [0.5, 0.6) is 5.75 Å². The largest absolute Gasteiger partial charge is 0.491 e. The van der Waals surface area contributed by atoms with Gasteiger partial charge in [0.25, 0.3) is 0 Å². The molecule has 0 radical (unpaired) electrons. The van der Waals surface area contributed by atoms with E-state index in [9.17, 15) is 18.3 Å². The van der Waals surface area contributed by atoms with Crippen LogP contribution in [0, 0.1) is 0 Å². The number of aliphatic hydroxyl groups excluding tert-OH is 1. The average Bonchev–Trinajstić information content (AvgIpc) is 2.41. The molecule has 114 valence electrons. The second-order valence-electron chi connectivity index (χ2n) is 4.33. The number of hydrogen-bond donors (Lipinski definition) is 2. The molecule has 0 aromatic heterocycles. The van der Waals surface area contributed by atoms with Gasteiger partial charge in [0, 0.05) is 6.54 Å². The molecule has 0 saturated heterocycles. The molecular weight excluding hydrogens is 275 g/mol. The fourth-order valence-electron chi connectivity index (χ4n) is 1.31. The van der Waals surface area contributed by atoms with Gasteiger partial charge in [0.1, 0.15) is 18.5 Å². The average molecular weight is 293 g/mol. The zero-order valence-corrected chi connectivity index (χ0v) is 11.1. The molecule has 1 aromatic carbocycles. The summed E-state index contributed by atoms with van der Waals surface area (Å²) in [6.45, 7) is 0.708. The Hall–Kier alpha value is -1.31. The van der Waals surface area contributed by atoms with E-state index in [-0.39, 0.29) is 6.61 Å². The van der Waals surface area contributed by atoms with Crippen molar-refractivity contribution in [2.75, 3.05) is 13.2 Å². The molecule has 20 heavy (non-hydrogen) atoms. The fourth-order valence-corrected chi connectivity index (χ4v) is 1.31. The molecule has 0 aliphatic carbocycles. The van der Waals surface area contributed by atoms with Crippen LogP contribution in [-0.2, 0) is 11.3 Å². The lowest BCUT2D eigenvalue weighted by atomic mass is 10.2. The number of ether oxygens (including phenoxy) is 2. The highest BCUT2D eigenvalue weighted by molar-refractivity contribution is 5.27. The molecule has 1 rings (SSSR count). The van der Waals surface area contributed by atoms with Crippen molar-refractivity contribution in [3.8, 4) is 5.75 Å². The molecule has 0 amide bonds. The molecule has 0 saturated carbocycles. The Morgan fingerprint density at radius 2 is 1.80 bits per heavy atom. The lowest BCUT2D eigenvalue weighted by Gasteiger charge is -2.19. The Bertz CT molecular complexity index is 395. The van der Waals surface area contributed by atoms with E-state index in [2.05, 4.69) is 4.74 Å². The number of halogens is 3. The van der Waals surface area contributed by atoms with Crippen molar-refractivity contribution in [2.24, 2.45) is 5.73 Å². The first-order valence-corrected chi connectivity index (χ1v) is 6.11. The lowest BCUT2D eigenvalue weighted by molar-refractivity contribution is -0.219. The summed E-state index contributed by atoms with van der Waals surface area (Å²) in [7, 11) is 0. The SMILES string of the molecule is CC(OCC(O)COc1ccc(CN)cc1)C(F)(F)F. The standard InChI is InChI=1S/C13H18F3NO3/c1-9(13(14,15)16)19-7-11(18)8-20-12-4-2-10(6-17)3-5-12/h2-5,9,11,18H,6-8,17H2,1H3. The zero-order valence-electron chi connectivity index (χ0n) is 11.1. The van der Waals surface area contributed by atoms with Crippen LogP contribution in [0.1, 0.15) is 12.5 Å². The van der Waals surface area contributed by atoms with Crippen LogP contribution >= 0.6 is 0 Å². The number of benzene rings is 1. The van der Waals surface area contributed by atoms with Gasteiger partial charge < -0.3 is 20.3 Å². The molecule has 0 spiro atoms. The summed E-state index contributed by atoms with van der Waals surface area (Å²) in [5.74, 6) is 0.505. The van der Waals surface area contributed by atoms with Crippen LogP contribution in [0.15, 0.2) is 24.3 Å². The normalized spacial score (nSPS) is 14.9. The predicted octanol–water partition coefficient (Wildman–Crippen LogP) is 1.85. The smallest absolute Gasteiger partial charge is 0.414 e. The summed E-state index contributed by atoms with van der Waals surface area (Å²) >= 11 is 0. The number of nitrogens with two attached hydrogens (primary N) is 1. The first-order valence-electron chi connectivity index (χ1n) is 6.11. The topological polar surface area (TPSA) is 64.7 Å². The Morgan fingerprint density at radius 3 is 2.30 bits per heavy atom. The van der Waals surface area contributed by atoms with E-state index in [0.29, 0.717) is 12.3 Å². The minimum Gasteiger partial charge on any atom is -0.491 e. The second-order valence-corrected chi connectivity index (χ2v) is 4.33.